The molecule has 0 saturated heterocycles. The van der Waals surface area contributed by atoms with Crippen molar-refractivity contribution in [3.05, 3.63) is 68.9 Å². The molecule has 0 aliphatic rings. The van der Waals surface area contributed by atoms with Crippen LogP contribution in [0.2, 0.25) is 0 Å². The van der Waals surface area contributed by atoms with Crippen LogP contribution in [0, 0.1) is 6.92 Å². The minimum absolute atomic E-state index is 0.315. The maximum absolute atomic E-state index is 12.3. The molecule has 0 bridgehead atoms. The van der Waals surface area contributed by atoms with Gasteiger partial charge >= 0.3 is 5.69 Å². The van der Waals surface area contributed by atoms with Gasteiger partial charge in [-0.15, -0.1) is 0 Å². The zero-order valence-corrected chi connectivity index (χ0v) is 14.3. The van der Waals surface area contributed by atoms with Crippen molar-refractivity contribution in [2.45, 2.75) is 20.4 Å². The van der Waals surface area contributed by atoms with Crippen LogP contribution in [0.5, 0.6) is 0 Å². The Morgan fingerprint density at radius 1 is 1.15 bits per heavy atom. The van der Waals surface area contributed by atoms with E-state index in [1.165, 1.54) is 0 Å². The first-order chi connectivity index (χ1) is 12.6. The number of nitrogens with one attached hydrogen (secondary N) is 1. The SMILES string of the molecule is CCn1c(=O)[nH]c2cc(-c3nc(-c4ccccc4C)no3)ccc2c1=O. The molecule has 4 rings (SSSR count). The van der Waals surface area contributed by atoms with Gasteiger partial charge < -0.3 is 9.51 Å². The zero-order valence-electron chi connectivity index (χ0n) is 14.3. The summed E-state index contributed by atoms with van der Waals surface area (Å²) < 4.78 is 6.54. The number of rotatable bonds is 3. The van der Waals surface area contributed by atoms with Gasteiger partial charge in [-0.3, -0.25) is 9.36 Å². The smallest absolute Gasteiger partial charge is 0.328 e. The molecule has 0 fully saturated rings. The van der Waals surface area contributed by atoms with Crippen LogP contribution < -0.4 is 11.2 Å². The van der Waals surface area contributed by atoms with E-state index < -0.39 is 5.69 Å². The lowest BCUT2D eigenvalue weighted by atomic mass is 10.1. The Hall–Kier alpha value is -3.48. The Balaban J connectivity index is 1.82. The second-order valence-electron chi connectivity index (χ2n) is 5.98. The molecule has 0 saturated carbocycles. The van der Waals surface area contributed by atoms with Crippen molar-refractivity contribution in [1.82, 2.24) is 19.7 Å². The summed E-state index contributed by atoms with van der Waals surface area (Å²) >= 11 is 0. The van der Waals surface area contributed by atoms with Gasteiger partial charge in [-0.2, -0.15) is 4.98 Å². The molecule has 0 amide bonds. The fraction of sp³-hybridized carbons (Fsp3) is 0.158. The largest absolute Gasteiger partial charge is 0.334 e. The molecule has 1 N–H and O–H groups in total. The maximum atomic E-state index is 12.3. The quantitative estimate of drug-likeness (QED) is 0.614. The second kappa shape index (κ2) is 6.11. The number of aromatic amines is 1. The van der Waals surface area contributed by atoms with E-state index in [1.807, 2.05) is 31.2 Å². The van der Waals surface area contributed by atoms with Crippen LogP contribution in [0.3, 0.4) is 0 Å². The van der Waals surface area contributed by atoms with Crippen LogP contribution in [0.1, 0.15) is 12.5 Å². The van der Waals surface area contributed by atoms with Gasteiger partial charge in [0, 0.05) is 17.7 Å². The summed E-state index contributed by atoms with van der Waals surface area (Å²) in [5.74, 6) is 0.818. The van der Waals surface area contributed by atoms with Crippen molar-refractivity contribution in [2.24, 2.45) is 0 Å². The average Bonchev–Trinajstić information content (AvgIpc) is 3.12. The van der Waals surface area contributed by atoms with E-state index in [0.29, 0.717) is 34.7 Å². The fourth-order valence-electron chi connectivity index (χ4n) is 2.95. The Morgan fingerprint density at radius 2 is 1.96 bits per heavy atom. The van der Waals surface area contributed by atoms with Gasteiger partial charge in [0.05, 0.1) is 10.9 Å². The lowest BCUT2D eigenvalue weighted by molar-refractivity contribution is 0.432. The van der Waals surface area contributed by atoms with E-state index in [4.69, 9.17) is 4.52 Å². The van der Waals surface area contributed by atoms with Gasteiger partial charge in [0.25, 0.3) is 11.4 Å². The van der Waals surface area contributed by atoms with Crippen LogP contribution >= 0.6 is 0 Å². The molecule has 2 heterocycles. The van der Waals surface area contributed by atoms with Crippen molar-refractivity contribution in [3.63, 3.8) is 0 Å². The molecule has 0 radical (unpaired) electrons. The third-order valence-electron chi connectivity index (χ3n) is 4.36. The third kappa shape index (κ3) is 2.54. The molecular weight excluding hydrogens is 332 g/mol. The zero-order chi connectivity index (χ0) is 18.3. The summed E-state index contributed by atoms with van der Waals surface area (Å²) in [5, 5.41) is 4.48. The Kier molecular flexibility index (Phi) is 3.76. The van der Waals surface area contributed by atoms with Crippen LogP contribution in [0.15, 0.2) is 56.6 Å². The van der Waals surface area contributed by atoms with Crippen molar-refractivity contribution < 1.29 is 4.52 Å². The molecule has 0 atom stereocenters. The summed E-state index contributed by atoms with van der Waals surface area (Å²) in [6.45, 7) is 4.04. The number of fused-ring (bicyclic) bond motifs is 1. The van der Waals surface area contributed by atoms with Crippen LogP contribution in [0.4, 0.5) is 0 Å². The molecule has 2 aromatic carbocycles. The third-order valence-corrected chi connectivity index (χ3v) is 4.36. The highest BCUT2D eigenvalue weighted by molar-refractivity contribution is 5.82. The molecule has 4 aromatic rings. The van der Waals surface area contributed by atoms with Gasteiger partial charge in [0.1, 0.15) is 0 Å². The van der Waals surface area contributed by atoms with Crippen molar-refractivity contribution in [3.8, 4) is 22.8 Å². The van der Waals surface area contributed by atoms with E-state index >= 15 is 0 Å². The Morgan fingerprint density at radius 3 is 2.73 bits per heavy atom. The number of hydrogen-bond acceptors (Lipinski definition) is 5. The summed E-state index contributed by atoms with van der Waals surface area (Å²) in [4.78, 5) is 31.5. The monoisotopic (exact) mass is 348 g/mol. The Labute approximate surface area is 147 Å². The summed E-state index contributed by atoms with van der Waals surface area (Å²) in [6.07, 6.45) is 0. The van der Waals surface area contributed by atoms with Gasteiger partial charge in [-0.05, 0) is 37.6 Å². The van der Waals surface area contributed by atoms with Crippen LogP contribution in [0.25, 0.3) is 33.7 Å². The molecule has 7 nitrogen and oxygen atoms in total. The number of hydrogen-bond donors (Lipinski definition) is 1. The van der Waals surface area contributed by atoms with Gasteiger partial charge in [0.2, 0.25) is 5.82 Å². The van der Waals surface area contributed by atoms with E-state index in [0.717, 1.165) is 15.7 Å². The molecule has 7 heteroatoms. The van der Waals surface area contributed by atoms with Crippen molar-refractivity contribution in [1.29, 1.82) is 0 Å². The normalized spacial score (nSPS) is 11.2. The number of benzene rings is 2. The number of nitrogens with zero attached hydrogens (tertiary/aromatic N) is 3. The second-order valence-corrected chi connectivity index (χ2v) is 5.98. The van der Waals surface area contributed by atoms with E-state index in [9.17, 15) is 9.59 Å². The fourth-order valence-corrected chi connectivity index (χ4v) is 2.95. The summed E-state index contributed by atoms with van der Waals surface area (Å²) in [5.41, 5.74) is 2.26. The average molecular weight is 348 g/mol. The molecule has 26 heavy (non-hydrogen) atoms. The first kappa shape index (κ1) is 16.0. The molecule has 2 aromatic heterocycles. The molecule has 130 valence electrons. The van der Waals surface area contributed by atoms with Crippen molar-refractivity contribution in [2.75, 3.05) is 0 Å². The number of H-pyrrole nitrogens is 1. The number of aryl methyl sites for hydroxylation is 1. The van der Waals surface area contributed by atoms with E-state index in [1.54, 1.807) is 25.1 Å². The van der Waals surface area contributed by atoms with Gasteiger partial charge in [-0.25, -0.2) is 4.79 Å². The van der Waals surface area contributed by atoms with Gasteiger partial charge in [0.15, 0.2) is 0 Å². The highest BCUT2D eigenvalue weighted by Crippen LogP contribution is 2.25. The van der Waals surface area contributed by atoms with E-state index in [2.05, 4.69) is 15.1 Å². The molecular formula is C19H16N4O3. The van der Waals surface area contributed by atoms with Crippen molar-refractivity contribution >= 4 is 10.9 Å². The predicted molar refractivity (Wildman–Crippen MR) is 98.0 cm³/mol. The lowest BCUT2D eigenvalue weighted by Crippen LogP contribution is -2.34. The Bertz CT molecular complexity index is 1230. The van der Waals surface area contributed by atoms with Crippen LogP contribution in [-0.2, 0) is 6.54 Å². The topological polar surface area (TPSA) is 93.8 Å². The molecule has 0 unspecified atom stereocenters. The molecule has 0 spiro atoms. The van der Waals surface area contributed by atoms with E-state index in [-0.39, 0.29) is 5.56 Å². The predicted octanol–water partition coefficient (Wildman–Crippen LogP) is 2.74. The van der Waals surface area contributed by atoms with Crippen LogP contribution in [-0.4, -0.2) is 19.7 Å². The first-order valence-corrected chi connectivity index (χ1v) is 8.25. The highest BCUT2D eigenvalue weighted by Gasteiger charge is 2.14. The summed E-state index contributed by atoms with van der Waals surface area (Å²) in [6, 6.07) is 12.8. The summed E-state index contributed by atoms with van der Waals surface area (Å²) in [7, 11) is 0. The van der Waals surface area contributed by atoms with Gasteiger partial charge in [-0.1, -0.05) is 29.4 Å². The minimum Gasteiger partial charge on any atom is -0.334 e. The minimum atomic E-state index is -0.437. The lowest BCUT2D eigenvalue weighted by Gasteiger charge is -2.04. The standard InChI is InChI=1S/C19H16N4O3/c1-3-23-18(24)14-9-8-12(10-15(14)20-19(23)25)17-21-16(22-26-17)13-7-5-4-6-11(13)2/h4-10H,3H2,1-2H3,(H,20,25). The maximum Gasteiger partial charge on any atom is 0.328 e. The number of aromatic nitrogens is 4. The molecule has 0 aliphatic carbocycles. The first-order valence-electron chi connectivity index (χ1n) is 8.25. The molecule has 0 aliphatic heterocycles. The highest BCUT2D eigenvalue weighted by atomic mass is 16.5.